The number of fused-ring (bicyclic) bond motifs is 1. The fourth-order valence-corrected chi connectivity index (χ4v) is 2.04. The molecule has 0 radical (unpaired) electrons. The second-order valence-electron chi connectivity index (χ2n) is 3.86. The summed E-state index contributed by atoms with van der Waals surface area (Å²) in [6.45, 7) is 2.36. The van der Waals surface area contributed by atoms with Crippen LogP contribution in [-0.2, 0) is 6.54 Å². The van der Waals surface area contributed by atoms with Crippen molar-refractivity contribution in [2.24, 2.45) is 0 Å². The maximum absolute atomic E-state index is 5.94. The van der Waals surface area contributed by atoms with Crippen molar-refractivity contribution >= 4 is 22.5 Å². The predicted octanol–water partition coefficient (Wildman–Crippen LogP) is 3.03. The number of rotatable bonds is 2. The Morgan fingerprint density at radius 2 is 2.18 bits per heavy atom. The van der Waals surface area contributed by atoms with Gasteiger partial charge in [-0.05, 0) is 24.3 Å². The van der Waals surface area contributed by atoms with Crippen LogP contribution in [0.25, 0.3) is 10.9 Å². The van der Waals surface area contributed by atoms with Crippen LogP contribution in [0.3, 0.4) is 0 Å². The minimum Gasteiger partial charge on any atom is -0.424 e. The van der Waals surface area contributed by atoms with Crippen molar-refractivity contribution < 1.29 is 4.42 Å². The van der Waals surface area contributed by atoms with Gasteiger partial charge in [0.2, 0.25) is 11.8 Å². The lowest BCUT2D eigenvalue weighted by molar-refractivity contribution is 0.457. The predicted molar refractivity (Wildman–Crippen MR) is 65.1 cm³/mol. The van der Waals surface area contributed by atoms with E-state index < -0.39 is 0 Å². The molecule has 0 saturated heterocycles. The van der Waals surface area contributed by atoms with E-state index >= 15 is 0 Å². The van der Waals surface area contributed by atoms with Crippen LogP contribution >= 0.6 is 11.6 Å². The fraction of sp³-hybridized carbons (Fsp3) is 0.167. The number of halogens is 1. The SMILES string of the molecule is Cc1nnc(Cn2ccc3cc(Cl)ccc32)o1. The standard InChI is InChI=1S/C12H10ClN3O/c1-8-14-15-12(17-8)7-16-5-4-9-6-10(13)2-3-11(9)16/h2-6H,7H2,1H3. The molecule has 3 aromatic rings. The van der Waals surface area contributed by atoms with Gasteiger partial charge < -0.3 is 8.98 Å². The highest BCUT2D eigenvalue weighted by Gasteiger charge is 2.06. The summed E-state index contributed by atoms with van der Waals surface area (Å²) in [6.07, 6.45) is 1.99. The van der Waals surface area contributed by atoms with E-state index in [9.17, 15) is 0 Å². The van der Waals surface area contributed by atoms with Crippen LogP contribution < -0.4 is 0 Å². The summed E-state index contributed by atoms with van der Waals surface area (Å²) in [5, 5.41) is 9.64. The molecule has 17 heavy (non-hydrogen) atoms. The van der Waals surface area contributed by atoms with Crippen LogP contribution in [-0.4, -0.2) is 14.8 Å². The second-order valence-corrected chi connectivity index (χ2v) is 4.30. The third-order valence-electron chi connectivity index (χ3n) is 2.61. The van der Waals surface area contributed by atoms with Crippen molar-refractivity contribution in [3.8, 4) is 0 Å². The van der Waals surface area contributed by atoms with E-state index in [1.54, 1.807) is 6.92 Å². The van der Waals surface area contributed by atoms with E-state index in [0.29, 0.717) is 18.3 Å². The van der Waals surface area contributed by atoms with Crippen LogP contribution in [0.5, 0.6) is 0 Å². The summed E-state index contributed by atoms with van der Waals surface area (Å²) in [5.41, 5.74) is 1.10. The molecule has 4 nitrogen and oxygen atoms in total. The lowest BCUT2D eigenvalue weighted by Crippen LogP contribution is -1.97. The van der Waals surface area contributed by atoms with E-state index in [4.69, 9.17) is 16.0 Å². The first-order valence-corrected chi connectivity index (χ1v) is 5.63. The van der Waals surface area contributed by atoms with Gasteiger partial charge in [-0.3, -0.25) is 0 Å². The largest absolute Gasteiger partial charge is 0.424 e. The van der Waals surface area contributed by atoms with Gasteiger partial charge >= 0.3 is 0 Å². The normalized spacial score (nSPS) is 11.2. The molecular formula is C12H10ClN3O. The second kappa shape index (κ2) is 3.89. The van der Waals surface area contributed by atoms with E-state index in [1.165, 1.54) is 0 Å². The van der Waals surface area contributed by atoms with Gasteiger partial charge in [-0.15, -0.1) is 10.2 Å². The molecule has 1 aromatic carbocycles. The fourth-order valence-electron chi connectivity index (χ4n) is 1.86. The molecule has 2 heterocycles. The third-order valence-corrected chi connectivity index (χ3v) is 2.84. The Balaban J connectivity index is 2.00. The van der Waals surface area contributed by atoms with Crippen molar-refractivity contribution in [2.75, 3.05) is 0 Å². The van der Waals surface area contributed by atoms with Gasteiger partial charge in [0, 0.05) is 29.0 Å². The highest BCUT2D eigenvalue weighted by atomic mass is 35.5. The summed E-state index contributed by atoms with van der Waals surface area (Å²) in [4.78, 5) is 0. The van der Waals surface area contributed by atoms with Gasteiger partial charge in [0.15, 0.2) is 0 Å². The first kappa shape index (κ1) is 10.4. The number of nitrogens with zero attached hydrogens (tertiary/aromatic N) is 3. The van der Waals surface area contributed by atoms with E-state index in [2.05, 4.69) is 14.8 Å². The molecule has 0 aliphatic heterocycles. The van der Waals surface area contributed by atoms with Crippen molar-refractivity contribution in [1.82, 2.24) is 14.8 Å². The van der Waals surface area contributed by atoms with Crippen molar-refractivity contribution in [1.29, 1.82) is 0 Å². The summed E-state index contributed by atoms with van der Waals surface area (Å²) < 4.78 is 7.41. The highest BCUT2D eigenvalue weighted by Crippen LogP contribution is 2.21. The highest BCUT2D eigenvalue weighted by molar-refractivity contribution is 6.31. The average Bonchev–Trinajstić information content (AvgIpc) is 2.86. The van der Waals surface area contributed by atoms with Crippen molar-refractivity contribution in [3.05, 3.63) is 47.3 Å². The zero-order valence-electron chi connectivity index (χ0n) is 9.22. The molecule has 0 bridgehead atoms. The van der Waals surface area contributed by atoms with Gasteiger partial charge in [0.25, 0.3) is 0 Å². The molecule has 3 rings (SSSR count). The van der Waals surface area contributed by atoms with Gasteiger partial charge in [0.1, 0.15) is 6.54 Å². The molecule has 0 spiro atoms. The lowest BCUT2D eigenvalue weighted by atomic mass is 10.2. The number of aryl methyl sites for hydroxylation is 1. The van der Waals surface area contributed by atoms with Gasteiger partial charge in [-0.25, -0.2) is 0 Å². The monoisotopic (exact) mass is 247 g/mol. The Morgan fingerprint density at radius 3 is 2.94 bits per heavy atom. The Morgan fingerprint density at radius 1 is 1.29 bits per heavy atom. The zero-order chi connectivity index (χ0) is 11.8. The number of hydrogen-bond acceptors (Lipinski definition) is 3. The number of aromatic nitrogens is 3. The Labute approximate surface area is 103 Å². The van der Waals surface area contributed by atoms with E-state index in [0.717, 1.165) is 15.9 Å². The molecule has 86 valence electrons. The minimum absolute atomic E-state index is 0.575. The molecule has 0 N–H and O–H groups in total. The van der Waals surface area contributed by atoms with E-state index in [1.807, 2.05) is 30.5 Å². The van der Waals surface area contributed by atoms with Crippen molar-refractivity contribution in [3.63, 3.8) is 0 Å². The molecule has 2 aromatic heterocycles. The molecule has 0 atom stereocenters. The molecule has 0 amide bonds. The number of hydrogen-bond donors (Lipinski definition) is 0. The van der Waals surface area contributed by atoms with Crippen LogP contribution in [0.1, 0.15) is 11.8 Å². The summed E-state index contributed by atoms with van der Waals surface area (Å²) >= 11 is 5.94. The van der Waals surface area contributed by atoms with Crippen molar-refractivity contribution in [2.45, 2.75) is 13.5 Å². The molecule has 0 fully saturated rings. The van der Waals surface area contributed by atoms with Crippen LogP contribution in [0.2, 0.25) is 5.02 Å². The molecule has 0 aliphatic rings. The maximum Gasteiger partial charge on any atom is 0.236 e. The summed E-state index contributed by atoms with van der Waals surface area (Å²) in [5.74, 6) is 1.19. The molecule has 0 saturated carbocycles. The quantitative estimate of drug-likeness (QED) is 0.699. The first-order valence-electron chi connectivity index (χ1n) is 5.26. The summed E-state index contributed by atoms with van der Waals surface area (Å²) in [7, 11) is 0. The third kappa shape index (κ3) is 1.91. The molecular weight excluding hydrogens is 238 g/mol. The Bertz CT molecular complexity index is 671. The zero-order valence-corrected chi connectivity index (χ0v) is 9.98. The molecule has 0 aliphatic carbocycles. The Hall–Kier alpha value is -1.81. The van der Waals surface area contributed by atoms with Gasteiger partial charge in [-0.2, -0.15) is 0 Å². The van der Waals surface area contributed by atoms with Crippen LogP contribution in [0, 0.1) is 6.92 Å². The first-order chi connectivity index (χ1) is 8.22. The maximum atomic E-state index is 5.94. The molecule has 0 unspecified atom stereocenters. The van der Waals surface area contributed by atoms with Gasteiger partial charge in [0.05, 0.1) is 0 Å². The van der Waals surface area contributed by atoms with Gasteiger partial charge in [-0.1, -0.05) is 11.6 Å². The smallest absolute Gasteiger partial charge is 0.236 e. The lowest BCUT2D eigenvalue weighted by Gasteiger charge is -2.01. The van der Waals surface area contributed by atoms with Crippen LogP contribution in [0.4, 0.5) is 0 Å². The van der Waals surface area contributed by atoms with E-state index in [-0.39, 0.29) is 0 Å². The summed E-state index contributed by atoms with van der Waals surface area (Å²) in [6, 6.07) is 7.82. The topological polar surface area (TPSA) is 43.9 Å². The Kier molecular flexibility index (Phi) is 2.37. The number of benzene rings is 1. The minimum atomic E-state index is 0.575. The average molecular weight is 248 g/mol. The van der Waals surface area contributed by atoms with Crippen LogP contribution in [0.15, 0.2) is 34.9 Å². The molecule has 5 heteroatoms.